The van der Waals surface area contributed by atoms with Crippen LogP contribution >= 0.6 is 0 Å². The van der Waals surface area contributed by atoms with Crippen LogP contribution in [0.5, 0.6) is 0 Å². The van der Waals surface area contributed by atoms with Crippen LogP contribution in [0.3, 0.4) is 0 Å². The Kier molecular flexibility index (Phi) is 4.34. The third-order valence-electron chi connectivity index (χ3n) is 3.59. The van der Waals surface area contributed by atoms with Crippen LogP contribution in [-0.4, -0.2) is 53.4 Å². The number of likely N-dealkylation sites (N-methyl/N-ethyl adjacent to an activating group) is 1. The van der Waals surface area contributed by atoms with Crippen LogP contribution in [0.1, 0.15) is 26.2 Å². The molecule has 98 valence electrons. The molecule has 6 nitrogen and oxygen atoms in total. The second-order valence-corrected chi connectivity index (χ2v) is 4.74. The second-order valence-electron chi connectivity index (χ2n) is 4.74. The standard InChI is InChI=1S/C11H20N2O4/c1-8(6-14)13(2)10(17)12-7-11(9(15)16)4-3-5-11/h8,14H,3-7H2,1-2H3,(H,12,17)(H,15,16). The molecule has 0 aliphatic heterocycles. The number of carbonyl (C=O) groups excluding carboxylic acids is 1. The van der Waals surface area contributed by atoms with Crippen molar-refractivity contribution in [3.05, 3.63) is 0 Å². The van der Waals surface area contributed by atoms with E-state index in [1.165, 1.54) is 4.90 Å². The first-order valence-electron chi connectivity index (χ1n) is 5.78. The molecule has 0 aromatic heterocycles. The second kappa shape index (κ2) is 5.35. The van der Waals surface area contributed by atoms with Crippen molar-refractivity contribution < 1.29 is 19.8 Å². The van der Waals surface area contributed by atoms with Crippen LogP contribution in [0.25, 0.3) is 0 Å². The van der Waals surface area contributed by atoms with E-state index in [0.717, 1.165) is 6.42 Å². The molecule has 0 aromatic carbocycles. The van der Waals surface area contributed by atoms with Crippen molar-refractivity contribution in [2.24, 2.45) is 5.41 Å². The Morgan fingerprint density at radius 3 is 2.41 bits per heavy atom. The van der Waals surface area contributed by atoms with Gasteiger partial charge in [0, 0.05) is 13.6 Å². The Morgan fingerprint density at radius 2 is 2.06 bits per heavy atom. The molecule has 1 fully saturated rings. The highest BCUT2D eigenvalue weighted by Crippen LogP contribution is 2.40. The summed E-state index contributed by atoms with van der Waals surface area (Å²) in [7, 11) is 1.57. The van der Waals surface area contributed by atoms with E-state index in [1.807, 2.05) is 0 Å². The molecule has 6 heteroatoms. The third kappa shape index (κ3) is 2.88. The zero-order chi connectivity index (χ0) is 13.1. The van der Waals surface area contributed by atoms with Crippen LogP contribution in [0.15, 0.2) is 0 Å². The van der Waals surface area contributed by atoms with Gasteiger partial charge in [0.15, 0.2) is 0 Å². The van der Waals surface area contributed by atoms with Crippen LogP contribution in [-0.2, 0) is 4.79 Å². The number of aliphatic hydroxyl groups excluding tert-OH is 1. The Bertz CT molecular complexity index is 302. The van der Waals surface area contributed by atoms with Gasteiger partial charge in [-0.15, -0.1) is 0 Å². The fourth-order valence-corrected chi connectivity index (χ4v) is 1.76. The molecular weight excluding hydrogens is 224 g/mol. The number of hydrogen-bond donors (Lipinski definition) is 3. The maximum Gasteiger partial charge on any atom is 0.317 e. The minimum absolute atomic E-state index is 0.117. The molecule has 0 aromatic rings. The molecule has 1 aliphatic rings. The Hall–Kier alpha value is -1.30. The van der Waals surface area contributed by atoms with Crippen LogP contribution in [0.2, 0.25) is 0 Å². The van der Waals surface area contributed by atoms with Crippen molar-refractivity contribution in [2.45, 2.75) is 32.2 Å². The summed E-state index contributed by atoms with van der Waals surface area (Å²) in [6.45, 7) is 1.76. The molecule has 17 heavy (non-hydrogen) atoms. The summed E-state index contributed by atoms with van der Waals surface area (Å²) >= 11 is 0. The molecule has 1 rings (SSSR count). The van der Waals surface area contributed by atoms with E-state index in [4.69, 9.17) is 10.2 Å². The van der Waals surface area contributed by atoms with Crippen molar-refractivity contribution in [3.63, 3.8) is 0 Å². The van der Waals surface area contributed by atoms with Gasteiger partial charge >= 0.3 is 12.0 Å². The zero-order valence-electron chi connectivity index (χ0n) is 10.3. The topological polar surface area (TPSA) is 89.9 Å². The monoisotopic (exact) mass is 244 g/mol. The first kappa shape index (κ1) is 13.8. The summed E-state index contributed by atoms with van der Waals surface area (Å²) in [5, 5.41) is 20.6. The minimum atomic E-state index is -0.845. The highest BCUT2D eigenvalue weighted by molar-refractivity contribution is 5.78. The van der Waals surface area contributed by atoms with Gasteiger partial charge in [-0.05, 0) is 19.8 Å². The molecule has 0 saturated heterocycles. The molecule has 0 heterocycles. The summed E-state index contributed by atoms with van der Waals surface area (Å²) in [6, 6.07) is -0.628. The summed E-state index contributed by atoms with van der Waals surface area (Å²) in [4.78, 5) is 24.1. The average Bonchev–Trinajstić information content (AvgIpc) is 2.24. The van der Waals surface area contributed by atoms with E-state index in [1.54, 1.807) is 14.0 Å². The predicted octanol–water partition coefficient (Wildman–Crippen LogP) is 0.263. The number of carbonyl (C=O) groups is 2. The number of carboxylic acid groups (broad SMARTS) is 1. The number of urea groups is 1. The number of aliphatic carboxylic acids is 1. The first-order valence-corrected chi connectivity index (χ1v) is 5.78. The van der Waals surface area contributed by atoms with Gasteiger partial charge in [-0.2, -0.15) is 0 Å². The number of aliphatic hydroxyl groups is 1. The normalized spacial score (nSPS) is 19.0. The van der Waals surface area contributed by atoms with Gasteiger partial charge in [0.25, 0.3) is 0 Å². The number of nitrogens with zero attached hydrogens (tertiary/aromatic N) is 1. The molecule has 0 bridgehead atoms. The average molecular weight is 244 g/mol. The lowest BCUT2D eigenvalue weighted by Gasteiger charge is -2.38. The van der Waals surface area contributed by atoms with Gasteiger partial charge in [0.05, 0.1) is 18.1 Å². The van der Waals surface area contributed by atoms with E-state index in [2.05, 4.69) is 5.32 Å². The van der Waals surface area contributed by atoms with Crippen molar-refractivity contribution in [1.82, 2.24) is 10.2 Å². The Labute approximate surface area is 101 Å². The van der Waals surface area contributed by atoms with E-state index < -0.39 is 11.4 Å². The Balaban J connectivity index is 2.45. The number of hydrogen-bond acceptors (Lipinski definition) is 3. The summed E-state index contributed by atoms with van der Waals surface area (Å²) in [5.41, 5.74) is -0.779. The van der Waals surface area contributed by atoms with Crippen LogP contribution < -0.4 is 5.32 Å². The van der Waals surface area contributed by atoms with Gasteiger partial charge in [-0.3, -0.25) is 4.79 Å². The highest BCUT2D eigenvalue weighted by atomic mass is 16.4. The molecule has 2 amide bonds. The number of carboxylic acids is 1. The SMILES string of the molecule is CC(CO)N(C)C(=O)NCC1(C(=O)O)CCC1. The number of nitrogens with one attached hydrogen (secondary N) is 1. The number of rotatable bonds is 5. The number of amides is 2. The smallest absolute Gasteiger partial charge is 0.317 e. The summed E-state index contributed by atoms with van der Waals surface area (Å²) in [6.07, 6.45) is 2.12. The molecule has 0 spiro atoms. The molecule has 0 radical (unpaired) electrons. The quantitative estimate of drug-likeness (QED) is 0.647. The maximum absolute atomic E-state index is 11.7. The molecule has 1 aliphatic carbocycles. The molecule has 1 atom stereocenters. The maximum atomic E-state index is 11.7. The highest BCUT2D eigenvalue weighted by Gasteiger charge is 2.44. The fraction of sp³-hybridized carbons (Fsp3) is 0.818. The lowest BCUT2D eigenvalue weighted by atomic mass is 9.69. The van der Waals surface area contributed by atoms with Gasteiger partial charge in [-0.25, -0.2) is 4.79 Å². The van der Waals surface area contributed by atoms with Crippen molar-refractivity contribution in [2.75, 3.05) is 20.2 Å². The van der Waals surface area contributed by atoms with Gasteiger partial charge < -0.3 is 20.4 Å². The van der Waals surface area contributed by atoms with Gasteiger partial charge in [0.1, 0.15) is 0 Å². The predicted molar refractivity (Wildman–Crippen MR) is 61.6 cm³/mol. The van der Waals surface area contributed by atoms with E-state index in [9.17, 15) is 9.59 Å². The third-order valence-corrected chi connectivity index (χ3v) is 3.59. The molecule has 1 unspecified atom stereocenters. The minimum Gasteiger partial charge on any atom is -0.481 e. The molecular formula is C11H20N2O4. The summed E-state index contributed by atoms with van der Waals surface area (Å²) in [5.74, 6) is -0.845. The van der Waals surface area contributed by atoms with Crippen molar-refractivity contribution in [1.29, 1.82) is 0 Å². The van der Waals surface area contributed by atoms with E-state index >= 15 is 0 Å². The van der Waals surface area contributed by atoms with Gasteiger partial charge in [0.2, 0.25) is 0 Å². The van der Waals surface area contributed by atoms with Crippen LogP contribution in [0, 0.1) is 5.41 Å². The lowest BCUT2D eigenvalue weighted by molar-refractivity contribution is -0.153. The van der Waals surface area contributed by atoms with Crippen LogP contribution in [0.4, 0.5) is 4.79 Å². The van der Waals surface area contributed by atoms with Crippen molar-refractivity contribution in [3.8, 4) is 0 Å². The first-order chi connectivity index (χ1) is 7.93. The lowest BCUT2D eigenvalue weighted by Crippen LogP contribution is -2.51. The molecule has 3 N–H and O–H groups in total. The van der Waals surface area contributed by atoms with E-state index in [-0.39, 0.29) is 25.2 Å². The van der Waals surface area contributed by atoms with Crippen molar-refractivity contribution >= 4 is 12.0 Å². The fourth-order valence-electron chi connectivity index (χ4n) is 1.76. The zero-order valence-corrected chi connectivity index (χ0v) is 10.3. The van der Waals surface area contributed by atoms with E-state index in [0.29, 0.717) is 12.8 Å². The molecule has 1 saturated carbocycles. The summed E-state index contributed by atoms with van der Waals surface area (Å²) < 4.78 is 0. The Morgan fingerprint density at radius 1 is 1.47 bits per heavy atom. The largest absolute Gasteiger partial charge is 0.481 e. The van der Waals surface area contributed by atoms with Gasteiger partial charge in [-0.1, -0.05) is 6.42 Å².